The molecule has 0 aliphatic rings. The van der Waals surface area contributed by atoms with Gasteiger partial charge in [0.2, 0.25) is 0 Å². The van der Waals surface area contributed by atoms with Gasteiger partial charge in [-0.2, -0.15) is 0 Å². The van der Waals surface area contributed by atoms with Crippen LogP contribution < -0.4 is 10.4 Å². The molecular weight excluding hydrogens is 348 g/mol. The minimum atomic E-state index is -1.35. The Balaban J connectivity index is 0.000000309. The Morgan fingerprint density at radius 2 is 1.77 bits per heavy atom. The van der Waals surface area contributed by atoms with Crippen molar-refractivity contribution in [1.29, 1.82) is 0 Å². The lowest BCUT2D eigenvalue weighted by Gasteiger charge is -2.08. The summed E-state index contributed by atoms with van der Waals surface area (Å²) in [6.45, 7) is 1.74. The van der Waals surface area contributed by atoms with E-state index in [1.807, 2.05) is 0 Å². The van der Waals surface area contributed by atoms with Crippen LogP contribution in [0.3, 0.4) is 0 Å². The number of ether oxygens (including phenoxy) is 1. The Kier molecular flexibility index (Phi) is 9.07. The molecule has 0 unspecified atom stereocenters. The van der Waals surface area contributed by atoms with Gasteiger partial charge < -0.3 is 24.5 Å². The van der Waals surface area contributed by atoms with Gasteiger partial charge >= 0.3 is 11.6 Å². The number of para-hydroxylation sites is 1. The summed E-state index contributed by atoms with van der Waals surface area (Å²) in [5.74, 6) is -1.29. The van der Waals surface area contributed by atoms with Gasteiger partial charge in [0.05, 0.1) is 37.6 Å². The summed E-state index contributed by atoms with van der Waals surface area (Å²) >= 11 is 0. The maximum atomic E-state index is 11.5. The second-order valence-corrected chi connectivity index (χ2v) is 4.37. The lowest BCUT2D eigenvalue weighted by Crippen LogP contribution is -2.16. The van der Waals surface area contributed by atoms with Gasteiger partial charge in [0.15, 0.2) is 11.3 Å². The Bertz CT molecular complexity index is 826. The van der Waals surface area contributed by atoms with Gasteiger partial charge in [-0.1, -0.05) is 22.4 Å². The number of aliphatic hydroxyl groups is 2. The Labute approximate surface area is 147 Å². The van der Waals surface area contributed by atoms with Crippen LogP contribution in [0.25, 0.3) is 11.0 Å². The van der Waals surface area contributed by atoms with Gasteiger partial charge in [0.25, 0.3) is 0 Å². The number of nitrogens with zero attached hydrogens (tertiary/aromatic N) is 2. The molecule has 1 aromatic carbocycles. The largest absolute Gasteiger partial charge is 0.492 e. The highest BCUT2D eigenvalue weighted by Crippen LogP contribution is 2.27. The van der Waals surface area contributed by atoms with E-state index in [1.165, 1.54) is 12.4 Å². The number of hydrogen-bond acceptors (Lipinski definition) is 9. The number of rotatable bonds is 4. The minimum Gasteiger partial charge on any atom is -0.492 e. The summed E-state index contributed by atoms with van der Waals surface area (Å²) in [6.07, 6.45) is 2.94. The molecule has 2 heterocycles. The van der Waals surface area contributed by atoms with Gasteiger partial charge in [0.1, 0.15) is 5.58 Å². The zero-order valence-corrected chi connectivity index (χ0v) is 13.9. The van der Waals surface area contributed by atoms with E-state index in [0.717, 1.165) is 0 Å². The van der Waals surface area contributed by atoms with Crippen molar-refractivity contribution in [3.05, 3.63) is 52.6 Å². The number of carboxylic acid groups (broad SMARTS) is 1. The van der Waals surface area contributed by atoms with E-state index in [2.05, 4.69) is 14.9 Å². The summed E-state index contributed by atoms with van der Waals surface area (Å²) in [7, 11) is 0. The van der Waals surface area contributed by atoms with Crippen molar-refractivity contribution in [2.24, 2.45) is 0 Å². The van der Waals surface area contributed by atoms with Crippen LogP contribution in [0.2, 0.25) is 0 Å². The number of aliphatic hydroxyl groups excluding tert-OH is 2. The zero-order valence-electron chi connectivity index (χ0n) is 13.9. The van der Waals surface area contributed by atoms with E-state index >= 15 is 0 Å². The number of aromatic nitrogens is 2. The molecule has 26 heavy (non-hydrogen) atoms. The summed E-state index contributed by atoms with van der Waals surface area (Å²) in [5.41, 5.74) is -1.06. The minimum absolute atomic E-state index is 0.0619. The fourth-order valence-corrected chi connectivity index (χ4v) is 1.74. The van der Waals surface area contributed by atoms with Gasteiger partial charge in [-0.05, 0) is 19.1 Å². The Morgan fingerprint density at radius 3 is 2.23 bits per heavy atom. The topological polar surface area (TPSA) is 156 Å². The maximum absolute atomic E-state index is 11.5. The SMILES string of the molecule is CCOc1c(C(=O)O)c(=O)oc2ccccc12.OCCO.c1cnon1. The van der Waals surface area contributed by atoms with E-state index in [1.54, 1.807) is 31.2 Å². The number of aromatic carboxylic acids is 1. The average molecular weight is 366 g/mol. The molecular formula is C16H18N2O8. The molecule has 0 amide bonds. The third-order valence-corrected chi connectivity index (χ3v) is 2.65. The fraction of sp³-hybridized carbons (Fsp3) is 0.250. The fourth-order valence-electron chi connectivity index (χ4n) is 1.74. The third kappa shape index (κ3) is 6.00. The highest BCUT2D eigenvalue weighted by atomic mass is 16.6. The second kappa shape index (κ2) is 11.3. The van der Waals surface area contributed by atoms with Crippen molar-refractivity contribution < 1.29 is 33.9 Å². The van der Waals surface area contributed by atoms with Crippen LogP contribution in [0.4, 0.5) is 0 Å². The third-order valence-electron chi connectivity index (χ3n) is 2.65. The molecule has 10 nitrogen and oxygen atoms in total. The summed E-state index contributed by atoms with van der Waals surface area (Å²) in [4.78, 5) is 22.6. The number of fused-ring (bicyclic) bond motifs is 1. The molecule has 0 spiro atoms. The number of carboxylic acids is 1. The average Bonchev–Trinajstić information content (AvgIpc) is 3.21. The number of carbonyl (C=O) groups is 1. The first-order valence-corrected chi connectivity index (χ1v) is 7.41. The molecule has 0 bridgehead atoms. The molecule has 0 saturated carbocycles. The smallest absolute Gasteiger partial charge is 0.354 e. The highest BCUT2D eigenvalue weighted by molar-refractivity contribution is 5.97. The standard InChI is InChI=1S/C12H10O5.C2H2N2O.C2H6O2/c1-2-16-10-7-5-3-4-6-8(7)17-12(15)9(10)11(13)14;1-2-4-5-3-1;3-1-2-4/h3-6H,2H2,1H3,(H,13,14);1-2H;3-4H,1-2H2. The van der Waals surface area contributed by atoms with Crippen LogP contribution in [0.1, 0.15) is 17.3 Å². The van der Waals surface area contributed by atoms with Crippen LogP contribution >= 0.6 is 0 Å². The van der Waals surface area contributed by atoms with E-state index < -0.39 is 17.2 Å². The van der Waals surface area contributed by atoms with E-state index in [9.17, 15) is 9.59 Å². The van der Waals surface area contributed by atoms with Crippen LogP contribution in [0, 0.1) is 0 Å². The van der Waals surface area contributed by atoms with Crippen molar-refractivity contribution in [3.63, 3.8) is 0 Å². The lowest BCUT2D eigenvalue weighted by atomic mass is 10.1. The van der Waals surface area contributed by atoms with E-state index in [4.69, 9.17) is 24.5 Å². The van der Waals surface area contributed by atoms with Gasteiger partial charge in [-0.15, -0.1) is 0 Å². The molecule has 0 radical (unpaired) electrons. The normalized spacial score (nSPS) is 9.50. The monoisotopic (exact) mass is 366 g/mol. The predicted octanol–water partition coefficient (Wildman–Crippen LogP) is 0.930. The van der Waals surface area contributed by atoms with Crippen LogP contribution in [0.15, 0.2) is 50.5 Å². The van der Waals surface area contributed by atoms with Gasteiger partial charge in [-0.25, -0.2) is 14.2 Å². The summed E-state index contributed by atoms with van der Waals surface area (Å²) < 4.78 is 14.3. The summed E-state index contributed by atoms with van der Waals surface area (Å²) in [6, 6.07) is 6.65. The Hall–Kier alpha value is -3.24. The quantitative estimate of drug-likeness (QED) is 0.567. The van der Waals surface area contributed by atoms with Crippen molar-refractivity contribution in [2.75, 3.05) is 19.8 Å². The summed E-state index contributed by atoms with van der Waals surface area (Å²) in [5, 5.41) is 31.2. The molecule has 0 fully saturated rings. The molecule has 2 aromatic heterocycles. The van der Waals surface area contributed by atoms with Crippen molar-refractivity contribution in [2.45, 2.75) is 6.92 Å². The van der Waals surface area contributed by atoms with Gasteiger partial charge in [0, 0.05) is 0 Å². The first-order valence-electron chi connectivity index (χ1n) is 7.41. The molecule has 140 valence electrons. The van der Waals surface area contributed by atoms with Crippen LogP contribution in [-0.2, 0) is 0 Å². The molecule has 0 aliphatic heterocycles. The molecule has 3 aromatic rings. The number of hydrogen-bond donors (Lipinski definition) is 3. The molecule has 3 N–H and O–H groups in total. The van der Waals surface area contributed by atoms with E-state index in [-0.39, 0.29) is 25.6 Å². The molecule has 10 heteroatoms. The van der Waals surface area contributed by atoms with Gasteiger partial charge in [-0.3, -0.25) is 0 Å². The maximum Gasteiger partial charge on any atom is 0.354 e. The second-order valence-electron chi connectivity index (χ2n) is 4.37. The van der Waals surface area contributed by atoms with E-state index in [0.29, 0.717) is 11.0 Å². The Morgan fingerprint density at radius 1 is 1.15 bits per heavy atom. The molecule has 3 rings (SSSR count). The predicted molar refractivity (Wildman–Crippen MR) is 89.1 cm³/mol. The number of benzene rings is 1. The first kappa shape index (κ1) is 20.8. The first-order chi connectivity index (χ1) is 12.6. The highest BCUT2D eigenvalue weighted by Gasteiger charge is 2.21. The van der Waals surface area contributed by atoms with Crippen molar-refractivity contribution in [3.8, 4) is 5.75 Å². The van der Waals surface area contributed by atoms with Crippen molar-refractivity contribution in [1.82, 2.24) is 10.3 Å². The molecule has 0 atom stereocenters. The zero-order chi connectivity index (χ0) is 19.4. The van der Waals surface area contributed by atoms with Crippen LogP contribution in [0.5, 0.6) is 5.75 Å². The van der Waals surface area contributed by atoms with Crippen LogP contribution in [-0.4, -0.2) is 51.4 Å². The lowest BCUT2D eigenvalue weighted by molar-refractivity contribution is 0.0688. The van der Waals surface area contributed by atoms with Crippen molar-refractivity contribution >= 4 is 16.9 Å². The molecule has 0 aliphatic carbocycles. The molecule has 0 saturated heterocycles.